The molecule has 1 aliphatic heterocycles. The zero-order valence-electron chi connectivity index (χ0n) is 11.2. The molecule has 1 fully saturated rings. The first-order chi connectivity index (χ1) is 9.28. The zero-order valence-corrected chi connectivity index (χ0v) is 11.2. The minimum absolute atomic E-state index is 0.388. The van der Waals surface area contributed by atoms with E-state index in [0.717, 1.165) is 38.9 Å². The highest BCUT2D eigenvalue weighted by Crippen LogP contribution is 2.13. The van der Waals surface area contributed by atoms with Crippen LogP contribution in [-0.2, 0) is 13.0 Å². The summed E-state index contributed by atoms with van der Waals surface area (Å²) in [4.78, 5) is 5.22. The van der Waals surface area contributed by atoms with Gasteiger partial charge in [0.1, 0.15) is 0 Å². The number of azide groups is 1. The molecule has 0 bridgehead atoms. The molecule has 0 saturated carbocycles. The van der Waals surface area contributed by atoms with Gasteiger partial charge in [-0.1, -0.05) is 29.4 Å². The van der Waals surface area contributed by atoms with Gasteiger partial charge in [-0.2, -0.15) is 0 Å². The van der Waals surface area contributed by atoms with E-state index < -0.39 is 0 Å². The fraction of sp³-hybridized carbons (Fsp3) is 0.571. The molecule has 1 aromatic carbocycles. The molecule has 0 radical (unpaired) electrons. The normalized spacial score (nSPS) is 17.1. The molecule has 1 aromatic rings. The third-order valence-electron chi connectivity index (χ3n) is 3.63. The van der Waals surface area contributed by atoms with Gasteiger partial charge in [-0.05, 0) is 49.0 Å². The Morgan fingerprint density at radius 1 is 1.21 bits per heavy atom. The number of nitrogens with zero attached hydrogens (tertiary/aromatic N) is 4. The van der Waals surface area contributed by atoms with Crippen molar-refractivity contribution in [2.75, 3.05) is 19.6 Å². The summed E-state index contributed by atoms with van der Waals surface area (Å²) in [5.41, 5.74) is 16.7. The van der Waals surface area contributed by atoms with Gasteiger partial charge in [0.05, 0.1) is 0 Å². The third kappa shape index (κ3) is 4.56. The molecule has 2 N–H and O–H groups in total. The molecule has 5 nitrogen and oxygen atoms in total. The van der Waals surface area contributed by atoms with Gasteiger partial charge in [-0.3, -0.25) is 4.90 Å². The van der Waals surface area contributed by atoms with E-state index in [-0.39, 0.29) is 0 Å². The maximum Gasteiger partial charge on any atom is 0.0298 e. The van der Waals surface area contributed by atoms with Crippen molar-refractivity contribution >= 4 is 0 Å². The van der Waals surface area contributed by atoms with Gasteiger partial charge in [0.25, 0.3) is 0 Å². The fourth-order valence-corrected chi connectivity index (χ4v) is 2.40. The highest BCUT2D eigenvalue weighted by Gasteiger charge is 2.15. The lowest BCUT2D eigenvalue weighted by molar-refractivity contribution is 0.205. The molecular formula is C14H21N5. The smallest absolute Gasteiger partial charge is 0.0298 e. The molecule has 0 aliphatic carbocycles. The average Bonchev–Trinajstić information content (AvgIpc) is 2.44. The Balaban J connectivity index is 1.82. The number of hydrogen-bond acceptors (Lipinski definition) is 3. The molecule has 1 saturated heterocycles. The van der Waals surface area contributed by atoms with Crippen LogP contribution in [0.5, 0.6) is 0 Å². The van der Waals surface area contributed by atoms with E-state index >= 15 is 0 Å². The molecule has 0 spiro atoms. The van der Waals surface area contributed by atoms with Gasteiger partial charge in [-0.15, -0.1) is 0 Å². The maximum atomic E-state index is 8.23. The lowest BCUT2D eigenvalue weighted by Gasteiger charge is -2.30. The van der Waals surface area contributed by atoms with Crippen LogP contribution in [0.3, 0.4) is 0 Å². The van der Waals surface area contributed by atoms with Crippen molar-refractivity contribution in [1.29, 1.82) is 0 Å². The second-order valence-corrected chi connectivity index (χ2v) is 5.13. The van der Waals surface area contributed by atoms with Crippen molar-refractivity contribution in [3.8, 4) is 0 Å². The van der Waals surface area contributed by atoms with Crippen LogP contribution in [0.2, 0.25) is 0 Å². The van der Waals surface area contributed by atoms with Crippen LogP contribution in [0.25, 0.3) is 10.4 Å². The Bertz CT molecular complexity index is 428. The predicted molar refractivity (Wildman–Crippen MR) is 76.6 cm³/mol. The van der Waals surface area contributed by atoms with Crippen molar-refractivity contribution in [3.05, 3.63) is 45.8 Å². The summed E-state index contributed by atoms with van der Waals surface area (Å²) < 4.78 is 0. The van der Waals surface area contributed by atoms with Crippen LogP contribution >= 0.6 is 0 Å². The molecule has 1 aliphatic rings. The molecule has 102 valence electrons. The van der Waals surface area contributed by atoms with Crippen LogP contribution in [0.1, 0.15) is 24.0 Å². The van der Waals surface area contributed by atoms with E-state index in [0.29, 0.717) is 12.6 Å². The highest BCUT2D eigenvalue weighted by atomic mass is 15.1. The topological polar surface area (TPSA) is 78.0 Å². The van der Waals surface area contributed by atoms with Crippen LogP contribution in [0.4, 0.5) is 0 Å². The van der Waals surface area contributed by atoms with Gasteiger partial charge >= 0.3 is 0 Å². The van der Waals surface area contributed by atoms with Crippen LogP contribution in [-0.4, -0.2) is 30.6 Å². The van der Waals surface area contributed by atoms with Crippen molar-refractivity contribution in [3.63, 3.8) is 0 Å². The van der Waals surface area contributed by atoms with Crippen molar-refractivity contribution in [1.82, 2.24) is 4.90 Å². The Morgan fingerprint density at radius 2 is 1.84 bits per heavy atom. The molecule has 1 heterocycles. The molecule has 19 heavy (non-hydrogen) atoms. The van der Waals surface area contributed by atoms with E-state index in [1.54, 1.807) is 0 Å². The van der Waals surface area contributed by atoms with E-state index in [2.05, 4.69) is 39.2 Å². The number of rotatable bonds is 5. The second-order valence-electron chi connectivity index (χ2n) is 5.13. The van der Waals surface area contributed by atoms with E-state index in [9.17, 15) is 0 Å². The minimum Gasteiger partial charge on any atom is -0.328 e. The van der Waals surface area contributed by atoms with Gasteiger partial charge in [0.2, 0.25) is 0 Å². The Labute approximate surface area is 114 Å². The summed E-state index contributed by atoms with van der Waals surface area (Å²) in [5, 5.41) is 3.55. The largest absolute Gasteiger partial charge is 0.328 e. The molecule has 0 atom stereocenters. The Kier molecular flexibility index (Phi) is 5.21. The van der Waals surface area contributed by atoms with Gasteiger partial charge in [0.15, 0.2) is 0 Å². The third-order valence-corrected chi connectivity index (χ3v) is 3.63. The maximum absolute atomic E-state index is 8.23. The molecular weight excluding hydrogens is 238 g/mol. The highest BCUT2D eigenvalue weighted by molar-refractivity contribution is 5.22. The van der Waals surface area contributed by atoms with Crippen LogP contribution in [0, 0.1) is 0 Å². The summed E-state index contributed by atoms with van der Waals surface area (Å²) in [5.74, 6) is 0. The van der Waals surface area contributed by atoms with Crippen molar-refractivity contribution in [2.24, 2.45) is 10.8 Å². The quantitative estimate of drug-likeness (QED) is 0.501. The van der Waals surface area contributed by atoms with Gasteiger partial charge < -0.3 is 5.73 Å². The summed E-state index contributed by atoms with van der Waals surface area (Å²) in [7, 11) is 0. The molecule has 5 heteroatoms. The average molecular weight is 259 g/mol. The second kappa shape index (κ2) is 7.14. The number of hydrogen-bond donors (Lipinski definition) is 1. The van der Waals surface area contributed by atoms with Crippen LogP contribution < -0.4 is 5.73 Å². The van der Waals surface area contributed by atoms with Gasteiger partial charge in [-0.25, -0.2) is 0 Å². The summed E-state index contributed by atoms with van der Waals surface area (Å²) >= 11 is 0. The minimum atomic E-state index is 0.388. The fourth-order valence-electron chi connectivity index (χ4n) is 2.40. The lowest BCUT2D eigenvalue weighted by Crippen LogP contribution is -2.39. The van der Waals surface area contributed by atoms with E-state index in [4.69, 9.17) is 11.3 Å². The van der Waals surface area contributed by atoms with Crippen molar-refractivity contribution < 1.29 is 0 Å². The van der Waals surface area contributed by atoms with Gasteiger partial charge in [0, 0.05) is 24.0 Å². The Hall–Kier alpha value is -1.55. The van der Waals surface area contributed by atoms with Crippen LogP contribution in [0.15, 0.2) is 29.4 Å². The Morgan fingerprint density at radius 3 is 2.47 bits per heavy atom. The van der Waals surface area contributed by atoms with E-state index in [1.807, 2.05) is 0 Å². The SMILES string of the molecule is [N-]=[N+]=NCCc1ccc(CN2CCC(N)CC2)cc1. The van der Waals surface area contributed by atoms with Crippen molar-refractivity contribution in [2.45, 2.75) is 31.8 Å². The number of nitrogens with two attached hydrogens (primary N) is 1. The number of benzene rings is 1. The predicted octanol–water partition coefficient (Wildman–Crippen LogP) is 2.46. The lowest BCUT2D eigenvalue weighted by atomic mass is 10.0. The van der Waals surface area contributed by atoms with E-state index in [1.165, 1.54) is 11.1 Å². The number of piperidine rings is 1. The first kappa shape index (κ1) is 13.9. The first-order valence-corrected chi connectivity index (χ1v) is 6.84. The molecule has 2 rings (SSSR count). The standard InChI is InChI=1S/C14H21N5/c15-14-6-9-19(10-7-14)11-13-3-1-12(2-4-13)5-8-17-18-16/h1-4,14H,5-11,15H2. The summed E-state index contributed by atoms with van der Waals surface area (Å²) in [6, 6.07) is 8.97. The molecule has 0 aromatic heterocycles. The monoisotopic (exact) mass is 259 g/mol. The summed E-state index contributed by atoms with van der Waals surface area (Å²) in [6.07, 6.45) is 3.01. The molecule has 0 amide bonds. The number of likely N-dealkylation sites (tertiary alicyclic amines) is 1. The zero-order chi connectivity index (χ0) is 13.5. The first-order valence-electron chi connectivity index (χ1n) is 6.84. The summed E-state index contributed by atoms with van der Waals surface area (Å²) in [6.45, 7) is 3.73. The molecule has 0 unspecified atom stereocenters.